The smallest absolute Gasteiger partial charge is 0.195 e. The molecule has 1 aromatic carbocycles. The van der Waals surface area contributed by atoms with Crippen molar-refractivity contribution < 1.29 is 4.74 Å². The number of thioether (sulfide) groups is 1. The van der Waals surface area contributed by atoms with E-state index in [1.54, 1.807) is 11.8 Å². The highest BCUT2D eigenvalue weighted by atomic mass is 32.2. The molecule has 6 heteroatoms. The largest absolute Gasteiger partial charge is 0.381 e. The van der Waals surface area contributed by atoms with Crippen LogP contribution in [0.5, 0.6) is 0 Å². The fraction of sp³-hybridized carbons (Fsp3) is 0.500. The van der Waals surface area contributed by atoms with Crippen molar-refractivity contribution >= 4 is 11.8 Å². The maximum atomic E-state index is 5.83. The molecule has 22 heavy (non-hydrogen) atoms. The second kappa shape index (κ2) is 7.26. The molecule has 0 saturated carbocycles. The molecule has 0 amide bonds. The van der Waals surface area contributed by atoms with Crippen molar-refractivity contribution in [2.75, 3.05) is 19.0 Å². The van der Waals surface area contributed by atoms with Crippen LogP contribution in [0.15, 0.2) is 29.4 Å². The minimum absolute atomic E-state index is 0.387. The van der Waals surface area contributed by atoms with Crippen molar-refractivity contribution in [2.24, 2.45) is 11.7 Å². The molecule has 5 nitrogen and oxygen atoms in total. The van der Waals surface area contributed by atoms with Gasteiger partial charge in [0.2, 0.25) is 0 Å². The van der Waals surface area contributed by atoms with Gasteiger partial charge in [0, 0.05) is 19.0 Å². The first-order valence-electron chi connectivity index (χ1n) is 7.70. The first-order chi connectivity index (χ1) is 10.8. The van der Waals surface area contributed by atoms with Gasteiger partial charge in [-0.05, 0) is 37.3 Å². The molecule has 0 unspecified atom stereocenters. The summed E-state index contributed by atoms with van der Waals surface area (Å²) in [6.07, 6.45) is 2.34. The Kier molecular flexibility index (Phi) is 5.12. The van der Waals surface area contributed by atoms with E-state index < -0.39 is 0 Å². The summed E-state index contributed by atoms with van der Waals surface area (Å²) in [7, 11) is 0. The van der Waals surface area contributed by atoms with Gasteiger partial charge in [0.15, 0.2) is 11.0 Å². The van der Waals surface area contributed by atoms with Crippen LogP contribution in [-0.2, 0) is 11.3 Å². The van der Waals surface area contributed by atoms with E-state index in [2.05, 4.69) is 33.8 Å². The maximum absolute atomic E-state index is 5.83. The minimum atomic E-state index is 0.387. The van der Waals surface area contributed by atoms with E-state index >= 15 is 0 Å². The van der Waals surface area contributed by atoms with Gasteiger partial charge in [-0.2, -0.15) is 0 Å². The highest BCUT2D eigenvalue weighted by Crippen LogP contribution is 2.26. The van der Waals surface area contributed by atoms with Gasteiger partial charge in [-0.1, -0.05) is 30.0 Å². The Hall–Kier alpha value is -1.37. The number of nitrogens with two attached hydrogens (primary N) is 1. The first kappa shape index (κ1) is 15.5. The Morgan fingerprint density at radius 3 is 2.95 bits per heavy atom. The molecule has 0 aliphatic carbocycles. The molecule has 1 saturated heterocycles. The minimum Gasteiger partial charge on any atom is -0.381 e. The normalized spacial score (nSPS) is 18.0. The van der Waals surface area contributed by atoms with Crippen molar-refractivity contribution in [3.8, 4) is 5.69 Å². The van der Waals surface area contributed by atoms with Crippen LogP contribution in [0.4, 0.5) is 0 Å². The van der Waals surface area contributed by atoms with Crippen molar-refractivity contribution in [1.82, 2.24) is 14.8 Å². The topological polar surface area (TPSA) is 66.0 Å². The molecule has 1 fully saturated rings. The van der Waals surface area contributed by atoms with Gasteiger partial charge in [0.1, 0.15) is 0 Å². The number of benzene rings is 1. The SMILES string of the molecule is Cc1ccccc1-n1c(CN)nnc1SCC[C@H]1CCOC1. The molecule has 118 valence electrons. The third-order valence-electron chi connectivity index (χ3n) is 4.02. The zero-order chi connectivity index (χ0) is 15.4. The molecule has 1 aliphatic heterocycles. The van der Waals surface area contributed by atoms with Crippen LogP contribution in [0.2, 0.25) is 0 Å². The van der Waals surface area contributed by atoms with Gasteiger partial charge in [0.25, 0.3) is 0 Å². The van der Waals surface area contributed by atoms with E-state index in [0.29, 0.717) is 12.5 Å². The molecular formula is C16H22N4OS. The molecule has 3 rings (SSSR count). The van der Waals surface area contributed by atoms with Gasteiger partial charge in [-0.3, -0.25) is 4.57 Å². The zero-order valence-corrected chi connectivity index (χ0v) is 13.7. The number of aromatic nitrogens is 3. The molecular weight excluding hydrogens is 296 g/mol. The summed E-state index contributed by atoms with van der Waals surface area (Å²) in [6, 6.07) is 8.26. The monoisotopic (exact) mass is 318 g/mol. The van der Waals surface area contributed by atoms with E-state index in [-0.39, 0.29) is 0 Å². The Labute approximate surface area is 135 Å². The summed E-state index contributed by atoms with van der Waals surface area (Å²) in [4.78, 5) is 0. The number of aryl methyl sites for hydroxylation is 1. The van der Waals surface area contributed by atoms with Crippen molar-refractivity contribution in [2.45, 2.75) is 31.5 Å². The van der Waals surface area contributed by atoms with Gasteiger partial charge >= 0.3 is 0 Å². The van der Waals surface area contributed by atoms with Crippen LogP contribution in [0.25, 0.3) is 5.69 Å². The van der Waals surface area contributed by atoms with Crippen molar-refractivity contribution in [3.05, 3.63) is 35.7 Å². The average molecular weight is 318 g/mol. The number of hydrogen-bond donors (Lipinski definition) is 1. The molecule has 1 atom stereocenters. The standard InChI is InChI=1S/C16H22N4OS/c1-12-4-2-3-5-14(12)20-15(10-17)18-19-16(20)22-9-7-13-6-8-21-11-13/h2-5,13H,6-11,17H2,1H3/t13-/m1/s1. The van der Waals surface area contributed by atoms with Gasteiger partial charge < -0.3 is 10.5 Å². The van der Waals surface area contributed by atoms with Crippen molar-refractivity contribution in [1.29, 1.82) is 0 Å². The van der Waals surface area contributed by atoms with Crippen LogP contribution in [0.3, 0.4) is 0 Å². The third kappa shape index (κ3) is 3.34. The van der Waals surface area contributed by atoms with E-state index in [1.807, 2.05) is 12.1 Å². The fourth-order valence-corrected chi connectivity index (χ4v) is 3.78. The third-order valence-corrected chi connectivity index (χ3v) is 4.98. The Morgan fingerprint density at radius 1 is 1.36 bits per heavy atom. The Bertz CT molecular complexity index is 622. The lowest BCUT2D eigenvalue weighted by Crippen LogP contribution is -2.09. The lowest BCUT2D eigenvalue weighted by atomic mass is 10.1. The lowest BCUT2D eigenvalue weighted by Gasteiger charge is -2.12. The summed E-state index contributed by atoms with van der Waals surface area (Å²) in [5.74, 6) is 2.53. The van der Waals surface area contributed by atoms with E-state index in [0.717, 1.165) is 42.1 Å². The molecule has 0 bridgehead atoms. The van der Waals surface area contributed by atoms with Gasteiger partial charge in [-0.15, -0.1) is 10.2 Å². The maximum Gasteiger partial charge on any atom is 0.195 e. The van der Waals surface area contributed by atoms with Gasteiger partial charge in [-0.25, -0.2) is 0 Å². The zero-order valence-electron chi connectivity index (χ0n) is 12.9. The van der Waals surface area contributed by atoms with Crippen LogP contribution < -0.4 is 5.73 Å². The Morgan fingerprint density at radius 2 is 2.23 bits per heavy atom. The second-order valence-electron chi connectivity index (χ2n) is 5.59. The van der Waals surface area contributed by atoms with Crippen LogP contribution in [-0.4, -0.2) is 33.7 Å². The van der Waals surface area contributed by atoms with E-state index in [4.69, 9.17) is 10.5 Å². The highest BCUT2D eigenvalue weighted by molar-refractivity contribution is 7.99. The molecule has 1 aromatic heterocycles. The first-order valence-corrected chi connectivity index (χ1v) is 8.69. The number of ether oxygens (including phenoxy) is 1. The highest BCUT2D eigenvalue weighted by Gasteiger charge is 2.18. The molecule has 1 aliphatic rings. The second-order valence-corrected chi connectivity index (χ2v) is 6.65. The van der Waals surface area contributed by atoms with Gasteiger partial charge in [0.05, 0.1) is 12.2 Å². The summed E-state index contributed by atoms with van der Waals surface area (Å²) in [5.41, 5.74) is 8.14. The molecule has 2 N–H and O–H groups in total. The van der Waals surface area contributed by atoms with Crippen molar-refractivity contribution in [3.63, 3.8) is 0 Å². The lowest BCUT2D eigenvalue weighted by molar-refractivity contribution is 0.185. The molecule has 0 radical (unpaired) electrons. The predicted octanol–water partition coefficient (Wildman–Crippen LogP) is 2.55. The number of hydrogen-bond acceptors (Lipinski definition) is 5. The number of nitrogens with zero attached hydrogens (tertiary/aromatic N) is 3. The van der Waals surface area contributed by atoms with Crippen LogP contribution in [0.1, 0.15) is 24.2 Å². The molecule has 2 aromatic rings. The Balaban J connectivity index is 1.76. The molecule has 0 spiro atoms. The van der Waals surface area contributed by atoms with E-state index in [9.17, 15) is 0 Å². The predicted molar refractivity (Wildman–Crippen MR) is 88.3 cm³/mol. The summed E-state index contributed by atoms with van der Waals surface area (Å²) >= 11 is 1.75. The summed E-state index contributed by atoms with van der Waals surface area (Å²) in [5, 5.41) is 9.50. The summed E-state index contributed by atoms with van der Waals surface area (Å²) in [6.45, 7) is 4.30. The average Bonchev–Trinajstić information content (AvgIpc) is 3.17. The molecule has 2 heterocycles. The fourth-order valence-electron chi connectivity index (χ4n) is 2.71. The number of rotatable bonds is 6. The quantitative estimate of drug-likeness (QED) is 0.829. The van der Waals surface area contributed by atoms with Crippen LogP contribution in [0, 0.1) is 12.8 Å². The summed E-state index contributed by atoms with van der Waals surface area (Å²) < 4.78 is 7.52. The van der Waals surface area contributed by atoms with Crippen LogP contribution >= 0.6 is 11.8 Å². The van der Waals surface area contributed by atoms with E-state index in [1.165, 1.54) is 12.0 Å². The number of para-hydroxylation sites is 1.